The third-order valence-corrected chi connectivity index (χ3v) is 4.58. The summed E-state index contributed by atoms with van der Waals surface area (Å²) in [4.78, 5) is 41.6. The average Bonchev–Trinajstić information content (AvgIpc) is 3.08. The van der Waals surface area contributed by atoms with Gasteiger partial charge in [0.05, 0.1) is 0 Å². The van der Waals surface area contributed by atoms with Crippen molar-refractivity contribution < 1.29 is 14.4 Å². The van der Waals surface area contributed by atoms with Crippen LogP contribution in [-0.4, -0.2) is 45.3 Å². The molecule has 3 amide bonds. The van der Waals surface area contributed by atoms with Crippen LogP contribution in [0.2, 0.25) is 0 Å². The molecule has 1 aliphatic rings. The van der Waals surface area contributed by atoms with Gasteiger partial charge in [0.25, 0.3) is 5.91 Å². The van der Waals surface area contributed by atoms with E-state index in [1.807, 2.05) is 0 Å². The normalized spacial score (nSPS) is 16.8. The van der Waals surface area contributed by atoms with Gasteiger partial charge in [0.1, 0.15) is 12.4 Å². The Morgan fingerprint density at radius 3 is 2.89 bits per heavy atom. The summed E-state index contributed by atoms with van der Waals surface area (Å²) < 4.78 is 1.75. The highest BCUT2D eigenvalue weighted by atomic mass is 16.2. The predicted molar refractivity (Wildman–Crippen MR) is 100 cm³/mol. The number of nitrogens with one attached hydrogen (secondary N) is 1. The number of likely N-dealkylation sites (tertiary alicyclic amines) is 1. The van der Waals surface area contributed by atoms with E-state index in [1.54, 1.807) is 46.1 Å². The molecule has 1 atom stereocenters. The molecule has 1 aromatic heterocycles. The van der Waals surface area contributed by atoms with Crippen LogP contribution in [0.1, 0.15) is 41.9 Å². The third-order valence-electron chi connectivity index (χ3n) is 4.58. The van der Waals surface area contributed by atoms with E-state index in [9.17, 15) is 14.4 Å². The van der Waals surface area contributed by atoms with E-state index in [-0.39, 0.29) is 24.3 Å². The van der Waals surface area contributed by atoms with E-state index in [0.717, 1.165) is 18.7 Å². The molecule has 1 aliphatic heterocycles. The van der Waals surface area contributed by atoms with Gasteiger partial charge in [-0.2, -0.15) is 0 Å². The van der Waals surface area contributed by atoms with Crippen LogP contribution in [0.25, 0.3) is 0 Å². The summed E-state index contributed by atoms with van der Waals surface area (Å²) in [6.07, 6.45) is 5.13. The number of carbonyl (C=O) groups excluding carboxylic acids is 3. The topological polar surface area (TPSA) is 110 Å². The number of hydrogen-bond donors (Lipinski definition) is 2. The van der Waals surface area contributed by atoms with Gasteiger partial charge in [-0.25, -0.2) is 4.98 Å². The molecule has 0 saturated carbocycles. The van der Waals surface area contributed by atoms with E-state index in [1.165, 1.54) is 6.92 Å². The summed E-state index contributed by atoms with van der Waals surface area (Å²) in [6, 6.07) is 6.92. The van der Waals surface area contributed by atoms with E-state index in [2.05, 4.69) is 10.3 Å². The number of benzene rings is 1. The Kier molecular flexibility index (Phi) is 5.54. The van der Waals surface area contributed by atoms with Gasteiger partial charge in [0.2, 0.25) is 11.8 Å². The van der Waals surface area contributed by atoms with Crippen molar-refractivity contribution in [2.45, 2.75) is 32.2 Å². The maximum absolute atomic E-state index is 12.9. The van der Waals surface area contributed by atoms with Gasteiger partial charge >= 0.3 is 0 Å². The molecule has 3 N–H and O–H groups in total. The second-order valence-electron chi connectivity index (χ2n) is 6.73. The fourth-order valence-corrected chi connectivity index (χ4v) is 3.47. The van der Waals surface area contributed by atoms with Crippen molar-refractivity contribution in [1.82, 2.24) is 14.5 Å². The average molecular weight is 369 g/mol. The second kappa shape index (κ2) is 8.03. The number of rotatable bonds is 5. The predicted octanol–water partition coefficient (Wildman–Crippen LogP) is 1.35. The van der Waals surface area contributed by atoms with Crippen molar-refractivity contribution in [3.63, 3.8) is 0 Å². The maximum atomic E-state index is 12.9. The number of nitrogens with two attached hydrogens (primary N) is 1. The molecule has 0 unspecified atom stereocenters. The number of primary amides is 1. The minimum atomic E-state index is -0.423. The Hall–Kier alpha value is -3.16. The van der Waals surface area contributed by atoms with Crippen LogP contribution >= 0.6 is 0 Å². The number of piperidine rings is 1. The largest absolute Gasteiger partial charge is 0.368 e. The SMILES string of the molecule is CC(=O)Nc1cccc(C(=O)N2CCC[C@@H](c3nccn3CC(N)=O)C2)c1. The molecule has 8 nitrogen and oxygen atoms in total. The van der Waals surface area contributed by atoms with Crippen molar-refractivity contribution in [3.05, 3.63) is 48.0 Å². The first-order chi connectivity index (χ1) is 12.9. The number of imidazole rings is 1. The number of hydrogen-bond acceptors (Lipinski definition) is 4. The molecule has 2 heterocycles. The number of aromatic nitrogens is 2. The van der Waals surface area contributed by atoms with Crippen molar-refractivity contribution in [2.75, 3.05) is 18.4 Å². The monoisotopic (exact) mass is 369 g/mol. The summed E-state index contributed by atoms with van der Waals surface area (Å²) in [6.45, 7) is 2.70. The van der Waals surface area contributed by atoms with Gasteiger partial charge in [0.15, 0.2) is 0 Å². The number of carbonyl (C=O) groups is 3. The van der Waals surface area contributed by atoms with Crippen LogP contribution in [0.5, 0.6) is 0 Å². The first kappa shape index (κ1) is 18.6. The zero-order valence-corrected chi connectivity index (χ0v) is 15.2. The molecule has 8 heteroatoms. The molecule has 1 saturated heterocycles. The Bertz CT molecular complexity index is 861. The third kappa shape index (κ3) is 4.52. The van der Waals surface area contributed by atoms with Crippen molar-refractivity contribution in [2.24, 2.45) is 5.73 Å². The second-order valence-corrected chi connectivity index (χ2v) is 6.73. The molecule has 0 bridgehead atoms. The maximum Gasteiger partial charge on any atom is 0.253 e. The molecule has 2 aromatic rings. The molecular weight excluding hydrogens is 346 g/mol. The first-order valence-corrected chi connectivity index (χ1v) is 8.90. The van der Waals surface area contributed by atoms with Crippen LogP contribution in [0, 0.1) is 0 Å². The van der Waals surface area contributed by atoms with Crippen LogP contribution in [-0.2, 0) is 16.1 Å². The number of nitrogens with zero attached hydrogens (tertiary/aromatic N) is 3. The van der Waals surface area contributed by atoms with Crippen molar-refractivity contribution >= 4 is 23.4 Å². The fraction of sp³-hybridized carbons (Fsp3) is 0.368. The molecule has 142 valence electrons. The quantitative estimate of drug-likeness (QED) is 0.829. The summed E-state index contributed by atoms with van der Waals surface area (Å²) in [5.41, 5.74) is 6.43. The molecule has 0 radical (unpaired) electrons. The van der Waals surface area contributed by atoms with Crippen LogP contribution in [0.3, 0.4) is 0 Å². The van der Waals surface area contributed by atoms with Crippen molar-refractivity contribution in [3.8, 4) is 0 Å². The fourth-order valence-electron chi connectivity index (χ4n) is 3.47. The van der Waals surface area contributed by atoms with Crippen LogP contribution in [0.4, 0.5) is 5.69 Å². The molecule has 0 spiro atoms. The molecule has 1 aromatic carbocycles. The highest BCUT2D eigenvalue weighted by molar-refractivity contribution is 5.96. The van der Waals surface area contributed by atoms with Crippen LogP contribution in [0.15, 0.2) is 36.7 Å². The summed E-state index contributed by atoms with van der Waals surface area (Å²) in [7, 11) is 0. The Morgan fingerprint density at radius 2 is 2.15 bits per heavy atom. The Morgan fingerprint density at radius 1 is 1.33 bits per heavy atom. The lowest BCUT2D eigenvalue weighted by Crippen LogP contribution is -2.40. The van der Waals surface area contributed by atoms with Gasteiger partial charge in [-0.3, -0.25) is 14.4 Å². The summed E-state index contributed by atoms with van der Waals surface area (Å²) >= 11 is 0. The highest BCUT2D eigenvalue weighted by Gasteiger charge is 2.28. The molecular formula is C19H23N5O3. The smallest absolute Gasteiger partial charge is 0.253 e. The van der Waals surface area contributed by atoms with E-state index >= 15 is 0 Å². The Labute approximate surface area is 157 Å². The Balaban J connectivity index is 1.74. The number of anilines is 1. The first-order valence-electron chi connectivity index (χ1n) is 8.90. The summed E-state index contributed by atoms with van der Waals surface area (Å²) in [5.74, 6) is 0.139. The minimum absolute atomic E-state index is 0.0515. The molecule has 0 aliphatic carbocycles. The standard InChI is InChI=1S/C19H23N5O3/c1-13(25)22-16-6-2-4-14(10-16)19(27)24-8-3-5-15(11-24)18-21-7-9-23(18)12-17(20)26/h2,4,6-7,9-10,15H,3,5,8,11-12H2,1H3,(H2,20,26)(H,22,25)/t15-/m1/s1. The number of amides is 3. The van der Waals surface area contributed by atoms with E-state index in [0.29, 0.717) is 24.3 Å². The van der Waals surface area contributed by atoms with Crippen LogP contribution < -0.4 is 11.1 Å². The molecule has 27 heavy (non-hydrogen) atoms. The van der Waals surface area contributed by atoms with Gasteiger partial charge in [-0.1, -0.05) is 6.07 Å². The highest BCUT2D eigenvalue weighted by Crippen LogP contribution is 2.27. The zero-order chi connectivity index (χ0) is 19.4. The lowest BCUT2D eigenvalue weighted by Gasteiger charge is -2.32. The summed E-state index contributed by atoms with van der Waals surface area (Å²) in [5, 5.41) is 2.69. The van der Waals surface area contributed by atoms with E-state index in [4.69, 9.17) is 5.73 Å². The van der Waals surface area contributed by atoms with Crippen molar-refractivity contribution in [1.29, 1.82) is 0 Å². The molecule has 3 rings (SSSR count). The minimum Gasteiger partial charge on any atom is -0.368 e. The van der Waals surface area contributed by atoms with Gasteiger partial charge in [0, 0.05) is 49.6 Å². The zero-order valence-electron chi connectivity index (χ0n) is 15.2. The van der Waals surface area contributed by atoms with Gasteiger partial charge in [-0.15, -0.1) is 0 Å². The lowest BCUT2D eigenvalue weighted by molar-refractivity contribution is -0.118. The van der Waals surface area contributed by atoms with Gasteiger partial charge in [-0.05, 0) is 31.0 Å². The van der Waals surface area contributed by atoms with Gasteiger partial charge < -0.3 is 20.5 Å². The lowest BCUT2D eigenvalue weighted by atomic mass is 9.96. The molecule has 1 fully saturated rings. The van der Waals surface area contributed by atoms with E-state index < -0.39 is 5.91 Å².